The van der Waals surface area contributed by atoms with Crippen molar-refractivity contribution in [1.29, 1.82) is 0 Å². The van der Waals surface area contributed by atoms with Crippen LogP contribution in [0.15, 0.2) is 18.2 Å². The van der Waals surface area contributed by atoms with Crippen molar-refractivity contribution in [1.82, 2.24) is 4.90 Å². The molecule has 0 aliphatic heterocycles. The van der Waals surface area contributed by atoms with Gasteiger partial charge in [-0.3, -0.25) is 19.3 Å². The number of benzene rings is 1. The maximum absolute atomic E-state index is 13.6. The van der Waals surface area contributed by atoms with Gasteiger partial charge >= 0.3 is 0 Å². The van der Waals surface area contributed by atoms with Crippen LogP contribution in [-0.4, -0.2) is 41.6 Å². The summed E-state index contributed by atoms with van der Waals surface area (Å²) < 4.78 is 26.4. The Kier molecular flexibility index (Phi) is 5.48. The number of nitrogens with two attached hydrogens (primary N) is 2. The molecule has 1 rings (SSSR count). The average molecular weight is 299 g/mol. The summed E-state index contributed by atoms with van der Waals surface area (Å²) in [5.41, 5.74) is 9.71. The fraction of sp³-hybridized carbons (Fsp3) is 0.308. The highest BCUT2D eigenvalue weighted by molar-refractivity contribution is 6.00. The molecule has 21 heavy (non-hydrogen) atoms. The summed E-state index contributed by atoms with van der Waals surface area (Å²) >= 11 is 0. The molecule has 1 aromatic rings. The number of carbonyl (C=O) groups is 3. The highest BCUT2D eigenvalue weighted by Gasteiger charge is 2.26. The van der Waals surface area contributed by atoms with Crippen LogP contribution in [-0.2, 0) is 9.59 Å². The maximum Gasteiger partial charge on any atom is 0.231 e. The van der Waals surface area contributed by atoms with Crippen LogP contribution in [0.1, 0.15) is 17.3 Å². The van der Waals surface area contributed by atoms with E-state index in [2.05, 4.69) is 0 Å². The van der Waals surface area contributed by atoms with Crippen LogP contribution in [0.2, 0.25) is 0 Å². The number of ketones is 1. The molecule has 1 atom stereocenters. The van der Waals surface area contributed by atoms with Crippen molar-refractivity contribution in [2.75, 3.05) is 13.1 Å². The van der Waals surface area contributed by atoms with Gasteiger partial charge in [0.1, 0.15) is 11.6 Å². The molecule has 1 unspecified atom stereocenters. The van der Waals surface area contributed by atoms with Gasteiger partial charge in [-0.2, -0.15) is 0 Å². The molecule has 0 bridgehead atoms. The molecule has 0 aromatic heterocycles. The highest BCUT2D eigenvalue weighted by atomic mass is 19.1. The third kappa shape index (κ3) is 4.60. The number of halogens is 2. The third-order valence-corrected chi connectivity index (χ3v) is 2.84. The van der Waals surface area contributed by atoms with Crippen LogP contribution in [0.25, 0.3) is 0 Å². The molecular formula is C13H15F2N3O3. The lowest BCUT2D eigenvalue weighted by atomic mass is 10.0. The molecule has 0 fully saturated rings. The molecule has 0 aliphatic carbocycles. The molecule has 0 radical (unpaired) electrons. The summed E-state index contributed by atoms with van der Waals surface area (Å²) in [6.45, 7) is 0.592. The summed E-state index contributed by atoms with van der Waals surface area (Å²) in [5.74, 6) is -4.09. The Morgan fingerprint density at radius 2 is 1.67 bits per heavy atom. The fourth-order valence-corrected chi connectivity index (χ4v) is 1.81. The number of rotatable bonds is 7. The lowest BCUT2D eigenvalue weighted by Gasteiger charge is -2.25. The minimum atomic E-state index is -1.02. The zero-order chi connectivity index (χ0) is 16.2. The quantitative estimate of drug-likeness (QED) is 0.680. The van der Waals surface area contributed by atoms with Crippen molar-refractivity contribution >= 4 is 17.6 Å². The van der Waals surface area contributed by atoms with Crippen LogP contribution in [0.4, 0.5) is 8.78 Å². The van der Waals surface area contributed by atoms with E-state index in [1.54, 1.807) is 0 Å². The molecule has 0 spiro atoms. The number of primary amides is 2. The first-order valence-corrected chi connectivity index (χ1v) is 6.02. The van der Waals surface area contributed by atoms with E-state index in [-0.39, 0.29) is 5.56 Å². The molecule has 0 heterocycles. The van der Waals surface area contributed by atoms with Crippen molar-refractivity contribution in [3.8, 4) is 0 Å². The molecule has 6 nitrogen and oxygen atoms in total. The van der Waals surface area contributed by atoms with Crippen molar-refractivity contribution in [2.24, 2.45) is 11.5 Å². The molecule has 2 amide bonds. The van der Waals surface area contributed by atoms with Gasteiger partial charge in [0.15, 0.2) is 5.78 Å². The van der Waals surface area contributed by atoms with Crippen molar-refractivity contribution in [3.63, 3.8) is 0 Å². The Labute approximate surface area is 119 Å². The Morgan fingerprint density at radius 3 is 2.10 bits per heavy atom. The molecule has 1 aromatic carbocycles. The fourth-order valence-electron chi connectivity index (χ4n) is 1.81. The van der Waals surface area contributed by atoms with Gasteiger partial charge in [-0.25, -0.2) is 8.78 Å². The van der Waals surface area contributed by atoms with Gasteiger partial charge in [-0.1, -0.05) is 0 Å². The number of nitrogens with zero attached hydrogens (tertiary/aromatic N) is 1. The van der Waals surface area contributed by atoms with Crippen LogP contribution in [0, 0.1) is 11.6 Å². The van der Waals surface area contributed by atoms with Crippen LogP contribution >= 0.6 is 0 Å². The summed E-state index contributed by atoms with van der Waals surface area (Å²) in [5, 5.41) is 0. The van der Waals surface area contributed by atoms with Gasteiger partial charge in [-0.05, 0) is 19.1 Å². The second kappa shape index (κ2) is 6.89. The second-order valence-electron chi connectivity index (χ2n) is 4.50. The Balaban J connectivity index is 3.01. The Morgan fingerprint density at radius 1 is 1.14 bits per heavy atom. The van der Waals surface area contributed by atoms with E-state index >= 15 is 0 Å². The lowest BCUT2D eigenvalue weighted by molar-refractivity contribution is -0.122. The molecular weight excluding hydrogens is 284 g/mol. The first-order chi connectivity index (χ1) is 9.72. The van der Waals surface area contributed by atoms with E-state index < -0.39 is 48.4 Å². The van der Waals surface area contributed by atoms with Gasteiger partial charge in [0.2, 0.25) is 11.8 Å². The van der Waals surface area contributed by atoms with Gasteiger partial charge < -0.3 is 11.5 Å². The topological polar surface area (TPSA) is 106 Å². The van der Waals surface area contributed by atoms with E-state index in [0.717, 1.165) is 17.0 Å². The summed E-state index contributed by atoms with van der Waals surface area (Å²) in [4.78, 5) is 35.2. The number of hydrogen-bond donors (Lipinski definition) is 2. The number of hydrogen-bond acceptors (Lipinski definition) is 4. The van der Waals surface area contributed by atoms with Crippen LogP contribution in [0.3, 0.4) is 0 Å². The molecule has 0 aliphatic rings. The minimum Gasteiger partial charge on any atom is -0.369 e. The zero-order valence-corrected chi connectivity index (χ0v) is 11.3. The first-order valence-electron chi connectivity index (χ1n) is 6.02. The van der Waals surface area contributed by atoms with E-state index in [0.29, 0.717) is 6.07 Å². The molecule has 0 saturated carbocycles. The van der Waals surface area contributed by atoms with Gasteiger partial charge in [-0.15, -0.1) is 0 Å². The number of Topliss-reactive ketones (excluding diaryl/α,β-unsaturated/α-hetero) is 1. The standard InChI is InChI=1S/C13H15F2N3O3/c1-7(18(5-11(16)19)6-12(17)20)13(21)9-3-2-8(14)4-10(9)15/h2-4,7H,5-6H2,1H3,(H2,16,19)(H2,17,20). The largest absolute Gasteiger partial charge is 0.369 e. The Hall–Kier alpha value is -2.35. The van der Waals surface area contributed by atoms with Gasteiger partial charge in [0.05, 0.1) is 24.7 Å². The molecule has 8 heteroatoms. The molecule has 114 valence electrons. The van der Waals surface area contributed by atoms with Gasteiger partial charge in [0, 0.05) is 6.07 Å². The summed E-state index contributed by atoms with van der Waals surface area (Å²) in [6, 6.07) is 1.49. The van der Waals surface area contributed by atoms with Crippen molar-refractivity contribution in [3.05, 3.63) is 35.4 Å². The summed E-state index contributed by atoms with van der Waals surface area (Å²) in [7, 11) is 0. The van der Waals surface area contributed by atoms with E-state index in [1.807, 2.05) is 0 Å². The van der Waals surface area contributed by atoms with Crippen molar-refractivity contribution < 1.29 is 23.2 Å². The van der Waals surface area contributed by atoms with E-state index in [4.69, 9.17) is 11.5 Å². The van der Waals surface area contributed by atoms with Crippen LogP contribution < -0.4 is 11.5 Å². The first kappa shape index (κ1) is 16.7. The summed E-state index contributed by atoms with van der Waals surface area (Å²) in [6.07, 6.45) is 0. The second-order valence-corrected chi connectivity index (χ2v) is 4.50. The predicted octanol–water partition coefficient (Wildman–Crippen LogP) is -0.191. The zero-order valence-electron chi connectivity index (χ0n) is 11.3. The van der Waals surface area contributed by atoms with E-state index in [9.17, 15) is 23.2 Å². The van der Waals surface area contributed by atoms with Crippen molar-refractivity contribution in [2.45, 2.75) is 13.0 Å². The van der Waals surface area contributed by atoms with E-state index in [1.165, 1.54) is 6.92 Å². The van der Waals surface area contributed by atoms with Gasteiger partial charge in [0.25, 0.3) is 0 Å². The minimum absolute atomic E-state index is 0.345. The SMILES string of the molecule is CC(C(=O)c1ccc(F)cc1F)N(CC(N)=O)CC(N)=O. The maximum atomic E-state index is 13.6. The van der Waals surface area contributed by atoms with Crippen LogP contribution in [0.5, 0.6) is 0 Å². The monoisotopic (exact) mass is 299 g/mol. The molecule has 0 saturated heterocycles. The normalized spacial score (nSPS) is 12.2. The predicted molar refractivity (Wildman–Crippen MR) is 70.1 cm³/mol. The highest BCUT2D eigenvalue weighted by Crippen LogP contribution is 2.14. The average Bonchev–Trinajstić information content (AvgIpc) is 2.35. The molecule has 4 N–H and O–H groups in total. The smallest absolute Gasteiger partial charge is 0.231 e. The lowest BCUT2D eigenvalue weighted by Crippen LogP contribution is -2.47. The third-order valence-electron chi connectivity index (χ3n) is 2.84. The number of amides is 2. The Bertz CT molecular complexity index is 562. The number of carbonyl (C=O) groups excluding carboxylic acids is 3.